The van der Waals surface area contributed by atoms with Crippen LogP contribution in [0.5, 0.6) is 0 Å². The Hall–Kier alpha value is -4.48. The molecule has 7 heteroatoms. The van der Waals surface area contributed by atoms with Crippen LogP contribution in [0.15, 0.2) is 120 Å². The molecule has 2 aromatic carbocycles. The van der Waals surface area contributed by atoms with Gasteiger partial charge in [-0.2, -0.15) is 0 Å². The predicted molar refractivity (Wildman–Crippen MR) is 150 cm³/mol. The average Bonchev–Trinajstić information content (AvgIpc) is 2.95. The molecule has 1 aliphatic heterocycles. The third kappa shape index (κ3) is 8.02. The minimum Gasteiger partial charge on any atom is -0.371 e. The smallest absolute Gasteiger partial charge is 0.123 e. The highest BCUT2D eigenvalue weighted by Crippen LogP contribution is 2.24. The van der Waals surface area contributed by atoms with Crippen molar-refractivity contribution in [2.75, 3.05) is 13.1 Å². The van der Waals surface area contributed by atoms with E-state index >= 15 is 0 Å². The molecule has 0 fully saturated rings. The topological polar surface area (TPSA) is 65.4 Å². The predicted octanol–water partition coefficient (Wildman–Crippen LogP) is 5.30. The first-order chi connectivity index (χ1) is 18.6. The number of aromatic nitrogens is 2. The highest BCUT2D eigenvalue weighted by molar-refractivity contribution is 5.86. The zero-order valence-electron chi connectivity index (χ0n) is 21.5. The summed E-state index contributed by atoms with van der Waals surface area (Å²) in [5.41, 5.74) is 8.06. The number of allylic oxidation sites excluding steroid dienone is 1. The number of aliphatic imine (C=N–C) groups is 1. The van der Waals surface area contributed by atoms with Gasteiger partial charge in [-0.25, -0.2) is 19.4 Å². The molecule has 6 nitrogen and oxygen atoms in total. The average molecular weight is 509 g/mol. The Morgan fingerprint density at radius 3 is 2.42 bits per heavy atom. The van der Waals surface area contributed by atoms with Crippen LogP contribution in [0.2, 0.25) is 0 Å². The lowest BCUT2D eigenvalue weighted by Crippen LogP contribution is -2.37. The number of nitrogens with zero attached hydrogens (tertiary/aromatic N) is 4. The molecule has 2 N–H and O–H groups in total. The molecule has 0 spiro atoms. The van der Waals surface area contributed by atoms with Crippen molar-refractivity contribution >= 4 is 5.84 Å². The largest absolute Gasteiger partial charge is 0.371 e. The molecule has 0 radical (unpaired) electrons. The number of benzene rings is 2. The monoisotopic (exact) mass is 508 g/mol. The Kier molecular flexibility index (Phi) is 9.60. The Labute approximate surface area is 224 Å². The highest BCUT2D eigenvalue weighted by Gasteiger charge is 2.19. The van der Waals surface area contributed by atoms with E-state index in [-0.39, 0.29) is 5.82 Å². The first-order valence-corrected chi connectivity index (χ1v) is 12.7. The van der Waals surface area contributed by atoms with Gasteiger partial charge in [0.25, 0.3) is 0 Å². The van der Waals surface area contributed by atoms with Gasteiger partial charge in [0.1, 0.15) is 23.7 Å². The fraction of sp³-hybridized carbons (Fsp3) is 0.226. The zero-order valence-corrected chi connectivity index (χ0v) is 21.5. The standard InChI is InChI=1S/C31H33FN6/c1-3-30-28(18-27-19-33-23-34-20-27)22-38(17-16-35-24(2)36-21-26-8-5-4-6-9-26)31(37-30)11-7-10-25-12-14-29(32)15-13-25/h4-6,8-9,12-15,19-20,22-23,35-36H,1-2,7,10-11,16-18,21H2. The minimum absolute atomic E-state index is 0.217. The van der Waals surface area contributed by atoms with Gasteiger partial charge in [-0.15, -0.1) is 5.73 Å². The van der Waals surface area contributed by atoms with Crippen molar-refractivity contribution in [2.45, 2.75) is 32.2 Å². The maximum absolute atomic E-state index is 13.3. The summed E-state index contributed by atoms with van der Waals surface area (Å²) in [7, 11) is 0. The second-order valence-corrected chi connectivity index (χ2v) is 9.05. The van der Waals surface area contributed by atoms with Crippen LogP contribution in [0.25, 0.3) is 0 Å². The fourth-order valence-electron chi connectivity index (χ4n) is 4.20. The van der Waals surface area contributed by atoms with Gasteiger partial charge >= 0.3 is 0 Å². The van der Waals surface area contributed by atoms with Gasteiger partial charge in [-0.1, -0.05) is 55.6 Å². The van der Waals surface area contributed by atoms with Crippen LogP contribution in [-0.2, 0) is 19.4 Å². The molecular weight excluding hydrogens is 475 g/mol. The first-order valence-electron chi connectivity index (χ1n) is 12.7. The molecule has 2 heterocycles. The van der Waals surface area contributed by atoms with E-state index < -0.39 is 0 Å². The van der Waals surface area contributed by atoms with Crippen LogP contribution < -0.4 is 10.6 Å². The number of hydrogen-bond donors (Lipinski definition) is 2. The van der Waals surface area contributed by atoms with Gasteiger partial charge in [0, 0.05) is 56.6 Å². The molecular formula is C31H33FN6. The van der Waals surface area contributed by atoms with E-state index in [1.807, 2.05) is 42.7 Å². The Balaban J connectivity index is 1.39. The van der Waals surface area contributed by atoms with Crippen molar-refractivity contribution in [1.29, 1.82) is 0 Å². The molecule has 0 saturated carbocycles. The normalized spacial score (nSPS) is 12.9. The molecule has 1 aliphatic rings. The first kappa shape index (κ1) is 26.6. The van der Waals surface area contributed by atoms with E-state index in [1.54, 1.807) is 0 Å². The summed E-state index contributed by atoms with van der Waals surface area (Å²) in [5.74, 6) is 1.51. The molecule has 0 atom stereocenters. The SMILES string of the molecule is C=C=C1N=C(CCCc2ccc(F)cc2)N(CCNC(=C)NCc2ccccc2)C=C1Cc1cncnc1. The van der Waals surface area contributed by atoms with Gasteiger partial charge < -0.3 is 15.5 Å². The second kappa shape index (κ2) is 13.7. The molecule has 0 saturated heterocycles. The molecule has 38 heavy (non-hydrogen) atoms. The van der Waals surface area contributed by atoms with Crippen LogP contribution >= 0.6 is 0 Å². The number of amidine groups is 1. The van der Waals surface area contributed by atoms with Crippen molar-refractivity contribution < 1.29 is 4.39 Å². The summed E-state index contributed by atoms with van der Waals surface area (Å²) in [6.07, 6.45) is 10.4. The number of aryl methyl sites for hydroxylation is 1. The van der Waals surface area contributed by atoms with Crippen LogP contribution in [0.3, 0.4) is 0 Å². The van der Waals surface area contributed by atoms with Gasteiger partial charge in [0.05, 0.1) is 5.82 Å². The Bertz CT molecular complexity index is 1310. The van der Waals surface area contributed by atoms with Crippen LogP contribution in [-0.4, -0.2) is 33.8 Å². The Morgan fingerprint density at radius 1 is 0.921 bits per heavy atom. The van der Waals surface area contributed by atoms with Crippen molar-refractivity contribution in [3.8, 4) is 0 Å². The van der Waals surface area contributed by atoms with Gasteiger partial charge in [-0.05, 0) is 41.7 Å². The van der Waals surface area contributed by atoms with Crippen LogP contribution in [0.4, 0.5) is 4.39 Å². The number of hydrogen-bond acceptors (Lipinski definition) is 6. The quantitative estimate of drug-likeness (QED) is 0.307. The van der Waals surface area contributed by atoms with Crippen LogP contribution in [0.1, 0.15) is 29.5 Å². The molecule has 1 aromatic heterocycles. The number of nitrogens with one attached hydrogen (secondary N) is 2. The van der Waals surface area contributed by atoms with Gasteiger partial charge in [-0.3, -0.25) is 0 Å². The maximum atomic E-state index is 13.3. The molecule has 3 aromatic rings. The Morgan fingerprint density at radius 2 is 1.68 bits per heavy atom. The minimum atomic E-state index is -0.217. The van der Waals surface area contributed by atoms with Crippen molar-refractivity contribution in [3.63, 3.8) is 0 Å². The maximum Gasteiger partial charge on any atom is 0.123 e. The van der Waals surface area contributed by atoms with Crippen molar-refractivity contribution in [1.82, 2.24) is 25.5 Å². The molecule has 0 unspecified atom stereocenters. The number of halogens is 1. The lowest BCUT2D eigenvalue weighted by molar-refractivity contribution is 0.507. The van der Waals surface area contributed by atoms with Gasteiger partial charge in [0.2, 0.25) is 0 Å². The van der Waals surface area contributed by atoms with E-state index in [0.29, 0.717) is 26.1 Å². The van der Waals surface area contributed by atoms with Crippen molar-refractivity contribution in [3.05, 3.63) is 138 Å². The molecule has 0 bridgehead atoms. The molecule has 0 aliphatic carbocycles. The zero-order chi connectivity index (χ0) is 26.6. The van der Waals surface area contributed by atoms with E-state index in [4.69, 9.17) is 4.99 Å². The summed E-state index contributed by atoms with van der Waals surface area (Å²) >= 11 is 0. The summed E-state index contributed by atoms with van der Waals surface area (Å²) in [6, 6.07) is 16.9. The summed E-state index contributed by atoms with van der Waals surface area (Å²) in [6.45, 7) is 10.1. The second-order valence-electron chi connectivity index (χ2n) is 9.05. The number of rotatable bonds is 13. The molecule has 194 valence electrons. The lowest BCUT2D eigenvalue weighted by Gasteiger charge is -2.28. The molecule has 4 rings (SSSR count). The third-order valence-electron chi connectivity index (χ3n) is 6.18. The van der Waals surface area contributed by atoms with Crippen molar-refractivity contribution in [2.24, 2.45) is 4.99 Å². The third-order valence-corrected chi connectivity index (χ3v) is 6.18. The molecule has 0 amide bonds. The van der Waals surface area contributed by atoms with E-state index in [9.17, 15) is 4.39 Å². The lowest BCUT2D eigenvalue weighted by atomic mass is 10.0. The van der Waals surface area contributed by atoms with E-state index in [1.165, 1.54) is 24.0 Å². The summed E-state index contributed by atoms with van der Waals surface area (Å²) < 4.78 is 13.3. The van der Waals surface area contributed by atoms with E-state index in [0.717, 1.165) is 53.3 Å². The van der Waals surface area contributed by atoms with E-state index in [2.05, 4.69) is 62.7 Å². The van der Waals surface area contributed by atoms with Crippen LogP contribution in [0, 0.1) is 5.82 Å². The highest BCUT2D eigenvalue weighted by atomic mass is 19.1. The summed E-state index contributed by atoms with van der Waals surface area (Å²) in [5, 5.41) is 6.71. The van der Waals surface area contributed by atoms with Gasteiger partial charge in [0.15, 0.2) is 0 Å². The fourth-order valence-corrected chi connectivity index (χ4v) is 4.20. The summed E-state index contributed by atoms with van der Waals surface area (Å²) in [4.78, 5) is 15.4.